The number of aryl methyl sites for hydroxylation is 2. The van der Waals surface area contributed by atoms with E-state index in [2.05, 4.69) is 55.6 Å². The highest BCUT2D eigenvalue weighted by Gasteiger charge is 2.32. The highest BCUT2D eigenvalue weighted by atomic mass is 32.2. The molecule has 0 saturated heterocycles. The largest absolute Gasteiger partial charge is 0.352 e. The molecule has 0 radical (unpaired) electrons. The van der Waals surface area contributed by atoms with Gasteiger partial charge in [0.2, 0.25) is 11.8 Å². The monoisotopic (exact) mass is 514 g/mol. The van der Waals surface area contributed by atoms with Crippen molar-refractivity contribution in [3.63, 3.8) is 0 Å². The maximum atomic E-state index is 13.8. The van der Waals surface area contributed by atoms with Gasteiger partial charge in [-0.3, -0.25) is 9.59 Å². The molecule has 0 aromatic heterocycles. The first kappa shape index (κ1) is 27.0. The Hall–Kier alpha value is -3.05. The van der Waals surface area contributed by atoms with Gasteiger partial charge in [0, 0.05) is 24.8 Å². The van der Waals surface area contributed by atoms with E-state index >= 15 is 0 Å². The topological polar surface area (TPSA) is 49.4 Å². The van der Waals surface area contributed by atoms with Crippen LogP contribution in [0, 0.1) is 13.8 Å². The zero-order valence-electron chi connectivity index (χ0n) is 22.0. The lowest BCUT2D eigenvalue weighted by molar-refractivity contribution is -0.139. The fourth-order valence-corrected chi connectivity index (χ4v) is 5.82. The average Bonchev–Trinajstić information content (AvgIpc) is 3.41. The molecule has 1 aliphatic rings. The molecule has 3 aromatic carbocycles. The van der Waals surface area contributed by atoms with E-state index in [0.29, 0.717) is 18.7 Å². The molecule has 1 N–H and O–H groups in total. The van der Waals surface area contributed by atoms with Crippen molar-refractivity contribution in [2.75, 3.05) is 5.75 Å². The molecular formula is C32H38N2O2S. The number of benzene rings is 3. The van der Waals surface area contributed by atoms with Crippen molar-refractivity contribution < 1.29 is 9.59 Å². The van der Waals surface area contributed by atoms with Crippen molar-refractivity contribution in [1.82, 2.24) is 10.2 Å². The number of carbonyl (C=O) groups excluding carboxylic acids is 2. The molecule has 37 heavy (non-hydrogen) atoms. The van der Waals surface area contributed by atoms with E-state index in [0.717, 1.165) is 48.1 Å². The van der Waals surface area contributed by atoms with Gasteiger partial charge in [-0.2, -0.15) is 0 Å². The van der Waals surface area contributed by atoms with Gasteiger partial charge in [0.25, 0.3) is 0 Å². The van der Waals surface area contributed by atoms with Crippen molar-refractivity contribution in [2.24, 2.45) is 0 Å². The van der Waals surface area contributed by atoms with Crippen molar-refractivity contribution in [3.8, 4) is 0 Å². The summed E-state index contributed by atoms with van der Waals surface area (Å²) in [5.41, 5.74) is 5.68. The van der Waals surface area contributed by atoms with E-state index < -0.39 is 6.04 Å². The molecule has 0 heterocycles. The van der Waals surface area contributed by atoms with E-state index in [1.165, 1.54) is 11.1 Å². The van der Waals surface area contributed by atoms with Crippen molar-refractivity contribution >= 4 is 23.6 Å². The third-order valence-electron chi connectivity index (χ3n) is 7.02. The van der Waals surface area contributed by atoms with Gasteiger partial charge >= 0.3 is 0 Å². The van der Waals surface area contributed by atoms with E-state index in [1.807, 2.05) is 47.4 Å². The number of nitrogens with one attached hydrogen (secondary N) is 1. The van der Waals surface area contributed by atoms with Gasteiger partial charge in [-0.15, -0.1) is 11.8 Å². The second kappa shape index (κ2) is 13.5. The van der Waals surface area contributed by atoms with Crippen LogP contribution in [0.4, 0.5) is 0 Å². The quantitative estimate of drug-likeness (QED) is 0.330. The summed E-state index contributed by atoms with van der Waals surface area (Å²) in [6, 6.07) is 26.3. The van der Waals surface area contributed by atoms with E-state index in [4.69, 9.17) is 0 Å². The molecule has 194 valence electrons. The Kier molecular flexibility index (Phi) is 9.84. The third-order valence-corrected chi connectivity index (χ3v) is 8.01. The first-order chi connectivity index (χ1) is 18.0. The Bertz CT molecular complexity index is 1160. The fraction of sp³-hybridized carbons (Fsp3) is 0.375. The average molecular weight is 515 g/mol. The second-order valence-corrected chi connectivity index (χ2v) is 11.2. The molecule has 0 aliphatic heterocycles. The highest BCUT2D eigenvalue weighted by molar-refractivity contribution is 7.99. The molecule has 2 amide bonds. The summed E-state index contributed by atoms with van der Waals surface area (Å²) in [5, 5.41) is 3.28. The third kappa shape index (κ3) is 8.22. The first-order valence-corrected chi connectivity index (χ1v) is 14.5. The highest BCUT2D eigenvalue weighted by Crippen LogP contribution is 2.21. The van der Waals surface area contributed by atoms with E-state index in [9.17, 15) is 9.59 Å². The number of carbonyl (C=O) groups is 2. The molecule has 4 nitrogen and oxygen atoms in total. The van der Waals surface area contributed by atoms with Crippen LogP contribution in [0.3, 0.4) is 0 Å². The molecule has 1 fully saturated rings. The number of thioether (sulfide) groups is 1. The standard InChI is InChI=1S/C32H38N2O2S/c1-24-15-17-27(18-16-24)22-37-23-31(35)34(21-28-12-8-9-25(2)19-28)30(20-26-10-4-3-5-11-26)32(36)33-29-13-6-7-14-29/h3-5,8-12,15-19,29-30H,6-7,13-14,20-23H2,1-2H3,(H,33,36)/t30-/m0/s1. The molecule has 5 heteroatoms. The van der Waals surface area contributed by atoms with Crippen LogP contribution in [0.1, 0.15) is 53.5 Å². The number of rotatable bonds is 11. The smallest absolute Gasteiger partial charge is 0.243 e. The Morgan fingerprint density at radius 1 is 0.865 bits per heavy atom. The van der Waals surface area contributed by atoms with Gasteiger partial charge in [0.1, 0.15) is 6.04 Å². The summed E-state index contributed by atoms with van der Waals surface area (Å²) in [6.45, 7) is 4.55. The summed E-state index contributed by atoms with van der Waals surface area (Å²) in [4.78, 5) is 29.3. The van der Waals surface area contributed by atoms with E-state index in [-0.39, 0.29) is 17.9 Å². The molecule has 0 spiro atoms. The summed E-state index contributed by atoms with van der Waals surface area (Å²) in [6.07, 6.45) is 4.83. The Labute approximate surface area is 225 Å². The SMILES string of the molecule is Cc1ccc(CSCC(=O)N(Cc2cccc(C)c2)[C@@H](Cc2ccccc2)C(=O)NC2CCCC2)cc1. The first-order valence-electron chi connectivity index (χ1n) is 13.3. The second-order valence-electron chi connectivity index (χ2n) is 10.2. The lowest BCUT2D eigenvalue weighted by atomic mass is 10.0. The Balaban J connectivity index is 1.56. The van der Waals surface area contributed by atoms with E-state index in [1.54, 1.807) is 11.8 Å². The molecule has 3 aromatic rings. The summed E-state index contributed by atoms with van der Waals surface area (Å²) >= 11 is 1.61. The Morgan fingerprint density at radius 3 is 2.27 bits per heavy atom. The van der Waals surface area contributed by atoms with Crippen molar-refractivity contribution in [1.29, 1.82) is 0 Å². The lowest BCUT2D eigenvalue weighted by Crippen LogP contribution is -2.52. The summed E-state index contributed by atoms with van der Waals surface area (Å²) in [7, 11) is 0. The molecule has 1 atom stereocenters. The summed E-state index contributed by atoms with van der Waals surface area (Å²) in [5.74, 6) is 1.06. The maximum Gasteiger partial charge on any atom is 0.243 e. The number of hydrogen-bond acceptors (Lipinski definition) is 3. The van der Waals surface area contributed by atoms with Crippen LogP contribution in [0.2, 0.25) is 0 Å². The molecular weight excluding hydrogens is 476 g/mol. The zero-order valence-corrected chi connectivity index (χ0v) is 22.8. The number of hydrogen-bond donors (Lipinski definition) is 1. The zero-order chi connectivity index (χ0) is 26.0. The van der Waals surface area contributed by atoms with Crippen LogP contribution in [0.15, 0.2) is 78.9 Å². The molecule has 4 rings (SSSR count). The van der Waals surface area contributed by atoms with Crippen LogP contribution < -0.4 is 5.32 Å². The van der Waals surface area contributed by atoms with Gasteiger partial charge in [-0.05, 0) is 43.4 Å². The maximum absolute atomic E-state index is 13.8. The minimum Gasteiger partial charge on any atom is -0.352 e. The minimum absolute atomic E-state index is 0.00104. The van der Waals surface area contributed by atoms with Crippen LogP contribution in [-0.4, -0.2) is 34.6 Å². The van der Waals surface area contributed by atoms with Gasteiger partial charge in [-0.25, -0.2) is 0 Å². The predicted octanol–water partition coefficient (Wildman–Crippen LogP) is 6.24. The van der Waals surface area contributed by atoms with Crippen LogP contribution >= 0.6 is 11.8 Å². The molecule has 0 bridgehead atoms. The fourth-order valence-electron chi connectivity index (χ4n) is 4.95. The number of nitrogens with zero attached hydrogens (tertiary/aromatic N) is 1. The van der Waals surface area contributed by atoms with Crippen molar-refractivity contribution in [3.05, 3.63) is 107 Å². The normalized spacial score (nSPS) is 14.3. The minimum atomic E-state index is -0.559. The molecule has 1 saturated carbocycles. The van der Waals surface area contributed by atoms with Gasteiger partial charge in [0.05, 0.1) is 5.75 Å². The van der Waals surface area contributed by atoms with Gasteiger partial charge in [0.15, 0.2) is 0 Å². The molecule has 0 unspecified atom stereocenters. The van der Waals surface area contributed by atoms with Crippen LogP contribution in [-0.2, 0) is 28.3 Å². The summed E-state index contributed by atoms with van der Waals surface area (Å²) < 4.78 is 0. The van der Waals surface area contributed by atoms with Crippen molar-refractivity contribution in [2.45, 2.75) is 70.3 Å². The molecule has 1 aliphatic carbocycles. The Morgan fingerprint density at radius 2 is 1.57 bits per heavy atom. The number of amides is 2. The van der Waals surface area contributed by atoms with Gasteiger partial charge in [-0.1, -0.05) is 103 Å². The lowest BCUT2D eigenvalue weighted by Gasteiger charge is -2.32. The van der Waals surface area contributed by atoms with Crippen LogP contribution in [0.5, 0.6) is 0 Å². The van der Waals surface area contributed by atoms with Gasteiger partial charge < -0.3 is 10.2 Å². The van der Waals surface area contributed by atoms with Crippen LogP contribution in [0.25, 0.3) is 0 Å². The predicted molar refractivity (Wildman–Crippen MR) is 153 cm³/mol.